The Hall–Kier alpha value is -2.82. The topological polar surface area (TPSA) is 64.6 Å². The zero-order valence-corrected chi connectivity index (χ0v) is 19.5. The predicted molar refractivity (Wildman–Crippen MR) is 127 cm³/mol. The molecule has 1 atom stereocenters. The van der Waals surface area contributed by atoms with Crippen LogP contribution in [-0.4, -0.2) is 25.0 Å². The number of benzene rings is 2. The van der Waals surface area contributed by atoms with E-state index in [1.165, 1.54) is 32.8 Å². The minimum atomic E-state index is -0.687. The highest BCUT2D eigenvalue weighted by molar-refractivity contribution is 5.84. The van der Waals surface area contributed by atoms with Gasteiger partial charge in [-0.2, -0.15) is 0 Å². The first kappa shape index (κ1) is 25.4. The zero-order valence-electron chi connectivity index (χ0n) is 19.5. The zero-order chi connectivity index (χ0) is 23.0. The number of carbonyl (C=O) groups excluding carboxylic acids is 2. The molecule has 0 aliphatic rings. The summed E-state index contributed by atoms with van der Waals surface area (Å²) in [5, 5.41) is 2.84. The number of methoxy groups -OCH3 is 1. The number of hydrogen-bond acceptors (Lipinski definition) is 4. The number of hydrogen-bond donors (Lipinski definition) is 1. The number of rotatable bonds is 15. The second-order valence-corrected chi connectivity index (χ2v) is 8.14. The average Bonchev–Trinajstić information content (AvgIpc) is 2.82. The summed E-state index contributed by atoms with van der Waals surface area (Å²) in [5.41, 5.74) is 2.04. The van der Waals surface area contributed by atoms with Crippen LogP contribution in [0.4, 0.5) is 0 Å². The Morgan fingerprint density at radius 1 is 0.844 bits per heavy atom. The highest BCUT2D eigenvalue weighted by Crippen LogP contribution is 2.16. The molecule has 5 nitrogen and oxygen atoms in total. The molecule has 174 valence electrons. The van der Waals surface area contributed by atoms with E-state index in [4.69, 9.17) is 9.47 Å². The Bertz CT molecular complexity index is 789. The van der Waals surface area contributed by atoms with Crippen molar-refractivity contribution in [3.63, 3.8) is 0 Å². The summed E-state index contributed by atoms with van der Waals surface area (Å²) in [4.78, 5) is 24.5. The van der Waals surface area contributed by atoms with Crippen molar-refractivity contribution in [1.82, 2.24) is 5.32 Å². The SMILES string of the molecule is CCCCCCCCCC(=O)NC(Cc1ccc(OCc2ccccc2)cc1)C(=O)OC. The molecule has 0 spiro atoms. The van der Waals surface area contributed by atoms with Crippen LogP contribution < -0.4 is 10.1 Å². The van der Waals surface area contributed by atoms with Crippen LogP contribution in [0.1, 0.15) is 69.4 Å². The molecule has 1 unspecified atom stereocenters. The molecular formula is C27H37NO4. The molecule has 0 bridgehead atoms. The van der Waals surface area contributed by atoms with Crippen LogP contribution in [0.15, 0.2) is 54.6 Å². The molecule has 2 aromatic carbocycles. The molecule has 2 rings (SSSR count). The summed E-state index contributed by atoms with van der Waals surface area (Å²) in [7, 11) is 1.35. The van der Waals surface area contributed by atoms with Crippen LogP contribution in [-0.2, 0) is 27.4 Å². The number of amides is 1. The fraction of sp³-hybridized carbons (Fsp3) is 0.481. The van der Waals surface area contributed by atoms with E-state index in [9.17, 15) is 9.59 Å². The lowest BCUT2D eigenvalue weighted by atomic mass is 10.0. The molecule has 5 heteroatoms. The summed E-state index contributed by atoms with van der Waals surface area (Å²) in [6.07, 6.45) is 8.88. The molecule has 0 saturated heterocycles. The highest BCUT2D eigenvalue weighted by Gasteiger charge is 2.21. The summed E-state index contributed by atoms with van der Waals surface area (Å²) >= 11 is 0. The lowest BCUT2D eigenvalue weighted by molar-refractivity contribution is -0.145. The quantitative estimate of drug-likeness (QED) is 0.289. The minimum absolute atomic E-state index is 0.100. The first-order valence-corrected chi connectivity index (χ1v) is 11.7. The van der Waals surface area contributed by atoms with Crippen molar-refractivity contribution in [1.29, 1.82) is 0 Å². The molecule has 1 N–H and O–H groups in total. The third-order valence-corrected chi connectivity index (χ3v) is 5.44. The predicted octanol–water partition coefficient (Wildman–Crippen LogP) is 5.61. The maximum atomic E-state index is 12.3. The number of unbranched alkanes of at least 4 members (excludes halogenated alkanes) is 6. The highest BCUT2D eigenvalue weighted by atomic mass is 16.5. The smallest absolute Gasteiger partial charge is 0.328 e. The Balaban J connectivity index is 1.78. The van der Waals surface area contributed by atoms with E-state index < -0.39 is 12.0 Å². The molecular weight excluding hydrogens is 402 g/mol. The lowest BCUT2D eigenvalue weighted by Gasteiger charge is -2.17. The summed E-state index contributed by atoms with van der Waals surface area (Å²) in [5.74, 6) is 0.231. The van der Waals surface area contributed by atoms with E-state index in [2.05, 4.69) is 12.2 Å². The van der Waals surface area contributed by atoms with E-state index in [1.807, 2.05) is 54.6 Å². The van der Waals surface area contributed by atoms with Gasteiger partial charge in [-0.3, -0.25) is 4.79 Å². The standard InChI is InChI=1S/C27H37NO4/c1-3-4-5-6-7-8-12-15-26(29)28-25(27(30)31-2)20-22-16-18-24(19-17-22)32-21-23-13-10-9-11-14-23/h9-11,13-14,16-19,25H,3-8,12,15,20-21H2,1-2H3,(H,28,29). The van der Waals surface area contributed by atoms with Crippen molar-refractivity contribution in [3.8, 4) is 5.75 Å². The van der Waals surface area contributed by atoms with Crippen LogP contribution in [0, 0.1) is 0 Å². The van der Waals surface area contributed by atoms with E-state index in [0.717, 1.165) is 36.1 Å². The molecule has 0 radical (unpaired) electrons. The van der Waals surface area contributed by atoms with Gasteiger partial charge in [-0.05, 0) is 29.7 Å². The van der Waals surface area contributed by atoms with Crippen molar-refractivity contribution in [2.45, 2.75) is 77.4 Å². The van der Waals surface area contributed by atoms with E-state index in [1.54, 1.807) is 0 Å². The Morgan fingerprint density at radius 2 is 1.50 bits per heavy atom. The molecule has 0 aliphatic carbocycles. The van der Waals surface area contributed by atoms with Crippen LogP contribution in [0.3, 0.4) is 0 Å². The molecule has 0 heterocycles. The van der Waals surface area contributed by atoms with Gasteiger partial charge in [0.25, 0.3) is 0 Å². The third kappa shape index (κ3) is 9.99. The van der Waals surface area contributed by atoms with Crippen molar-refractivity contribution in [2.24, 2.45) is 0 Å². The van der Waals surface area contributed by atoms with Gasteiger partial charge in [0, 0.05) is 12.8 Å². The summed E-state index contributed by atoms with van der Waals surface area (Å²) < 4.78 is 10.7. The van der Waals surface area contributed by atoms with E-state index in [0.29, 0.717) is 19.4 Å². The van der Waals surface area contributed by atoms with Gasteiger partial charge in [-0.25, -0.2) is 4.79 Å². The summed E-state index contributed by atoms with van der Waals surface area (Å²) in [6.45, 7) is 2.70. The second-order valence-electron chi connectivity index (χ2n) is 8.14. The Morgan fingerprint density at radius 3 is 2.16 bits per heavy atom. The minimum Gasteiger partial charge on any atom is -0.489 e. The number of ether oxygens (including phenoxy) is 2. The number of esters is 1. The fourth-order valence-corrected chi connectivity index (χ4v) is 3.54. The average molecular weight is 440 g/mol. The molecule has 0 fully saturated rings. The van der Waals surface area contributed by atoms with Crippen LogP contribution in [0.25, 0.3) is 0 Å². The van der Waals surface area contributed by atoms with Crippen molar-refractivity contribution >= 4 is 11.9 Å². The van der Waals surface area contributed by atoms with E-state index in [-0.39, 0.29) is 5.91 Å². The van der Waals surface area contributed by atoms with Crippen molar-refractivity contribution in [3.05, 3.63) is 65.7 Å². The largest absolute Gasteiger partial charge is 0.489 e. The molecule has 0 aromatic heterocycles. The number of carbonyl (C=O) groups is 2. The van der Waals surface area contributed by atoms with Gasteiger partial charge in [-0.15, -0.1) is 0 Å². The van der Waals surface area contributed by atoms with Crippen molar-refractivity contribution < 1.29 is 19.1 Å². The van der Waals surface area contributed by atoms with Gasteiger partial charge in [0.1, 0.15) is 18.4 Å². The monoisotopic (exact) mass is 439 g/mol. The fourth-order valence-electron chi connectivity index (χ4n) is 3.54. The van der Waals surface area contributed by atoms with Gasteiger partial charge in [-0.1, -0.05) is 87.9 Å². The Labute approximate surface area is 192 Å². The van der Waals surface area contributed by atoms with Gasteiger partial charge in [0.15, 0.2) is 0 Å². The van der Waals surface area contributed by atoms with E-state index >= 15 is 0 Å². The van der Waals surface area contributed by atoms with Gasteiger partial charge in [0.05, 0.1) is 7.11 Å². The molecule has 0 saturated carbocycles. The van der Waals surface area contributed by atoms with Gasteiger partial charge in [0.2, 0.25) is 5.91 Å². The van der Waals surface area contributed by atoms with Crippen LogP contribution in [0.5, 0.6) is 5.75 Å². The van der Waals surface area contributed by atoms with Gasteiger partial charge < -0.3 is 14.8 Å². The maximum Gasteiger partial charge on any atom is 0.328 e. The lowest BCUT2D eigenvalue weighted by Crippen LogP contribution is -2.43. The third-order valence-electron chi connectivity index (χ3n) is 5.44. The van der Waals surface area contributed by atoms with Gasteiger partial charge >= 0.3 is 5.97 Å². The first-order valence-electron chi connectivity index (χ1n) is 11.7. The van der Waals surface area contributed by atoms with Crippen molar-refractivity contribution in [2.75, 3.05) is 7.11 Å². The van der Waals surface area contributed by atoms with Crippen LogP contribution in [0.2, 0.25) is 0 Å². The molecule has 32 heavy (non-hydrogen) atoms. The molecule has 1 amide bonds. The van der Waals surface area contributed by atoms with Crippen LogP contribution >= 0.6 is 0 Å². The molecule has 0 aliphatic heterocycles. The summed E-state index contributed by atoms with van der Waals surface area (Å²) in [6, 6.07) is 16.9. The maximum absolute atomic E-state index is 12.3. The second kappa shape index (κ2) is 15.1. The first-order chi connectivity index (χ1) is 15.6. The Kier molecular flexibility index (Phi) is 12.0. The molecule has 2 aromatic rings. The normalized spacial score (nSPS) is 11.6. The number of nitrogens with one attached hydrogen (secondary N) is 1.